The largest absolute Gasteiger partial charge is 0.462 e. The van der Waals surface area contributed by atoms with Crippen molar-refractivity contribution in [1.29, 1.82) is 0 Å². The van der Waals surface area contributed by atoms with Crippen LogP contribution >= 0.6 is 0 Å². The van der Waals surface area contributed by atoms with E-state index < -0.39 is 6.10 Å². The Morgan fingerprint density at radius 1 is 0.282 bits per heavy atom. The predicted octanol–water partition coefficient (Wildman–Crippen LogP) is 20.5. The Morgan fingerprint density at radius 2 is 0.521 bits per heavy atom. The number of rotatable bonds is 55. The minimum Gasteiger partial charge on any atom is -0.462 e. The quantitative estimate of drug-likeness (QED) is 0.0261. The lowest BCUT2D eigenvalue weighted by molar-refractivity contribution is -0.167. The van der Waals surface area contributed by atoms with Gasteiger partial charge < -0.3 is 14.2 Å². The fourth-order valence-electron chi connectivity index (χ4n) is 8.54. The van der Waals surface area contributed by atoms with Gasteiger partial charge >= 0.3 is 17.9 Å². The van der Waals surface area contributed by atoms with Crippen molar-refractivity contribution >= 4 is 17.9 Å². The maximum Gasteiger partial charge on any atom is 0.306 e. The number of hydrogen-bond donors (Lipinski definition) is 0. The summed E-state index contributed by atoms with van der Waals surface area (Å²) in [5.41, 5.74) is 0. The van der Waals surface area contributed by atoms with Crippen molar-refractivity contribution in [2.75, 3.05) is 13.2 Å². The van der Waals surface area contributed by atoms with Gasteiger partial charge in [-0.05, 0) is 109 Å². The average molecular weight is 992 g/mol. The van der Waals surface area contributed by atoms with Crippen LogP contribution in [0.4, 0.5) is 0 Å². The molecule has 0 aliphatic carbocycles. The Hall–Kier alpha value is -3.15. The van der Waals surface area contributed by atoms with Crippen LogP contribution in [0.2, 0.25) is 0 Å². The third kappa shape index (κ3) is 57.6. The average Bonchev–Trinajstić information content (AvgIpc) is 3.37. The van der Waals surface area contributed by atoms with Crippen LogP contribution in [0.15, 0.2) is 72.9 Å². The highest BCUT2D eigenvalue weighted by molar-refractivity contribution is 5.71. The summed E-state index contributed by atoms with van der Waals surface area (Å²) in [6.45, 7) is 6.58. The molecule has 410 valence electrons. The van der Waals surface area contributed by atoms with E-state index >= 15 is 0 Å². The Kier molecular flexibility index (Phi) is 56.8. The van der Waals surface area contributed by atoms with Gasteiger partial charge in [-0.15, -0.1) is 0 Å². The van der Waals surface area contributed by atoms with Gasteiger partial charge in [-0.3, -0.25) is 14.4 Å². The molecule has 0 aliphatic heterocycles. The third-order valence-electron chi connectivity index (χ3n) is 13.2. The first-order valence-electron chi connectivity index (χ1n) is 30.4. The topological polar surface area (TPSA) is 78.9 Å². The molecule has 0 amide bonds. The van der Waals surface area contributed by atoms with E-state index in [9.17, 15) is 14.4 Å². The molecule has 0 aromatic carbocycles. The Labute approximate surface area is 440 Å². The minimum atomic E-state index is -0.807. The lowest BCUT2D eigenvalue weighted by Crippen LogP contribution is -2.30. The lowest BCUT2D eigenvalue weighted by atomic mass is 10.1. The van der Waals surface area contributed by atoms with Gasteiger partial charge in [0.1, 0.15) is 13.2 Å². The number of allylic oxidation sites excluding steroid dienone is 12. The normalized spacial score (nSPS) is 12.5. The third-order valence-corrected chi connectivity index (χ3v) is 13.2. The number of ether oxygens (including phenoxy) is 3. The number of esters is 3. The van der Waals surface area contributed by atoms with Crippen molar-refractivity contribution < 1.29 is 28.6 Å². The molecule has 1 atom stereocenters. The molecule has 0 bridgehead atoms. The zero-order chi connectivity index (χ0) is 51.4. The van der Waals surface area contributed by atoms with E-state index in [0.29, 0.717) is 19.3 Å². The highest BCUT2D eigenvalue weighted by Gasteiger charge is 2.19. The van der Waals surface area contributed by atoms with Crippen LogP contribution in [0.3, 0.4) is 0 Å². The van der Waals surface area contributed by atoms with Crippen molar-refractivity contribution in [2.24, 2.45) is 0 Å². The molecule has 0 aromatic heterocycles. The number of unbranched alkanes of at least 4 members (excludes halogenated alkanes) is 32. The first kappa shape index (κ1) is 67.8. The standard InChI is InChI=1S/C65H114O6/c1-4-7-10-13-16-19-22-25-28-31-32-35-37-40-43-46-49-52-55-58-64(67)70-61-62(71-65(68)59-56-53-50-47-44-41-38-34-30-27-24-21-18-15-12-9-6-3)60-69-63(66)57-54-51-48-45-42-39-36-33-29-26-23-20-17-14-11-8-5-2/h18,21,25-30,38,41,47,50,62H,4-17,19-20,22-24,31-37,39-40,42-46,48-49,51-61H2,1-3H3/b21-18+,28-25+,29-26+,30-27+,41-38+,50-47+/t62-/m1/s1. The van der Waals surface area contributed by atoms with Crippen molar-refractivity contribution in [3.8, 4) is 0 Å². The summed E-state index contributed by atoms with van der Waals surface area (Å²) in [7, 11) is 0. The monoisotopic (exact) mass is 991 g/mol. The van der Waals surface area contributed by atoms with E-state index in [1.165, 1.54) is 193 Å². The molecule has 0 unspecified atom stereocenters. The zero-order valence-corrected chi connectivity index (χ0v) is 47.0. The van der Waals surface area contributed by atoms with Crippen LogP contribution in [0.25, 0.3) is 0 Å². The van der Waals surface area contributed by atoms with Gasteiger partial charge in [0.25, 0.3) is 0 Å². The smallest absolute Gasteiger partial charge is 0.306 e. The SMILES string of the molecule is CCCCC/C=C/C/C=C/C/C=C/C/C=C/CCCC(=O)O[C@H](COC(=O)CCCCCCCCC/C=C/CCCCCCCC)COC(=O)CCCCCCCCCCC/C=C/CCCCCCCC. The summed E-state index contributed by atoms with van der Waals surface area (Å²) in [5, 5.41) is 0. The van der Waals surface area contributed by atoms with Crippen molar-refractivity contribution in [1.82, 2.24) is 0 Å². The van der Waals surface area contributed by atoms with Crippen LogP contribution in [-0.2, 0) is 28.6 Å². The second-order valence-corrected chi connectivity index (χ2v) is 20.2. The molecule has 0 aromatic rings. The number of carbonyl (C=O) groups is 3. The van der Waals surface area contributed by atoms with E-state index in [1.807, 2.05) is 0 Å². The highest BCUT2D eigenvalue weighted by Crippen LogP contribution is 2.15. The van der Waals surface area contributed by atoms with Crippen LogP contribution in [0.1, 0.15) is 303 Å². The van der Waals surface area contributed by atoms with Gasteiger partial charge in [0.15, 0.2) is 6.10 Å². The molecular weight excluding hydrogens is 877 g/mol. The van der Waals surface area contributed by atoms with Crippen molar-refractivity contribution in [3.63, 3.8) is 0 Å². The Balaban J connectivity index is 4.45. The molecule has 0 saturated heterocycles. The van der Waals surface area contributed by atoms with E-state index in [-0.39, 0.29) is 37.5 Å². The molecule has 0 saturated carbocycles. The van der Waals surface area contributed by atoms with Gasteiger partial charge in [0.05, 0.1) is 0 Å². The van der Waals surface area contributed by atoms with Gasteiger partial charge in [-0.25, -0.2) is 0 Å². The molecule has 0 spiro atoms. The van der Waals surface area contributed by atoms with Crippen LogP contribution in [0, 0.1) is 0 Å². The molecule has 0 radical (unpaired) electrons. The van der Waals surface area contributed by atoms with Gasteiger partial charge in [-0.1, -0.05) is 248 Å². The van der Waals surface area contributed by atoms with Crippen LogP contribution in [-0.4, -0.2) is 37.2 Å². The van der Waals surface area contributed by atoms with E-state index in [2.05, 4.69) is 93.7 Å². The van der Waals surface area contributed by atoms with Gasteiger partial charge in [0.2, 0.25) is 0 Å². The number of hydrogen-bond acceptors (Lipinski definition) is 6. The Bertz CT molecular complexity index is 1320. The first-order valence-corrected chi connectivity index (χ1v) is 30.4. The highest BCUT2D eigenvalue weighted by atomic mass is 16.6. The zero-order valence-electron chi connectivity index (χ0n) is 47.0. The minimum absolute atomic E-state index is 0.0984. The first-order chi connectivity index (χ1) is 35.0. The van der Waals surface area contributed by atoms with Gasteiger partial charge in [-0.2, -0.15) is 0 Å². The lowest BCUT2D eigenvalue weighted by Gasteiger charge is -2.18. The second-order valence-electron chi connectivity index (χ2n) is 20.2. The summed E-state index contributed by atoms with van der Waals surface area (Å²) in [4.78, 5) is 38.2. The fourth-order valence-corrected chi connectivity index (χ4v) is 8.54. The van der Waals surface area contributed by atoms with E-state index in [1.54, 1.807) is 0 Å². The second kappa shape index (κ2) is 59.4. The number of carbonyl (C=O) groups excluding carboxylic acids is 3. The molecule has 0 N–H and O–H groups in total. The molecule has 0 fully saturated rings. The molecule has 6 heteroatoms. The molecule has 0 aliphatic rings. The molecule has 71 heavy (non-hydrogen) atoms. The van der Waals surface area contributed by atoms with Crippen molar-refractivity contribution in [2.45, 2.75) is 309 Å². The summed E-state index contributed by atoms with van der Waals surface area (Å²) in [5.74, 6) is -0.950. The van der Waals surface area contributed by atoms with Gasteiger partial charge in [0, 0.05) is 19.3 Å². The van der Waals surface area contributed by atoms with Crippen LogP contribution in [0.5, 0.6) is 0 Å². The van der Waals surface area contributed by atoms with Crippen molar-refractivity contribution in [3.05, 3.63) is 72.9 Å². The van der Waals surface area contributed by atoms with Crippen LogP contribution < -0.4 is 0 Å². The summed E-state index contributed by atoms with van der Waals surface area (Å²) >= 11 is 0. The van der Waals surface area contributed by atoms with E-state index in [4.69, 9.17) is 14.2 Å². The molecule has 6 nitrogen and oxygen atoms in total. The summed E-state index contributed by atoms with van der Waals surface area (Å²) < 4.78 is 16.9. The predicted molar refractivity (Wildman–Crippen MR) is 307 cm³/mol. The fraction of sp³-hybridized carbons (Fsp3) is 0.769. The maximum atomic E-state index is 12.9. The maximum absolute atomic E-state index is 12.9. The molecular formula is C65H114O6. The summed E-state index contributed by atoms with van der Waals surface area (Å²) in [6, 6.07) is 0. The Morgan fingerprint density at radius 3 is 0.873 bits per heavy atom. The van der Waals surface area contributed by atoms with E-state index in [0.717, 1.165) is 64.2 Å². The summed E-state index contributed by atoms with van der Waals surface area (Å²) in [6.07, 6.45) is 76.1. The molecule has 0 heterocycles. The molecule has 0 rings (SSSR count).